The van der Waals surface area contributed by atoms with Crippen molar-refractivity contribution < 1.29 is 42.9 Å². The summed E-state index contributed by atoms with van der Waals surface area (Å²) < 4.78 is 22.8. The van der Waals surface area contributed by atoms with Gasteiger partial charge in [0.25, 0.3) is 6.29 Å². The van der Waals surface area contributed by atoms with Crippen molar-refractivity contribution >= 4 is 17.9 Å². The maximum Gasteiger partial charge on any atom is 0.361 e. The van der Waals surface area contributed by atoms with Crippen LogP contribution in [0.25, 0.3) is 0 Å². The highest BCUT2D eigenvalue weighted by Crippen LogP contribution is 2.17. The largest absolute Gasteiger partial charge is 0.477 e. The van der Waals surface area contributed by atoms with Crippen LogP contribution in [0, 0.1) is 0 Å². The molecule has 0 amide bonds. The average Bonchev–Trinajstić information content (AvgIpc) is 3.22. The van der Waals surface area contributed by atoms with Crippen molar-refractivity contribution in [3.8, 4) is 0 Å². The summed E-state index contributed by atoms with van der Waals surface area (Å²) in [5, 5.41) is 9.66. The second-order valence-corrected chi connectivity index (χ2v) is 19.2. The number of rotatable bonds is 49. The van der Waals surface area contributed by atoms with Gasteiger partial charge in [-0.3, -0.25) is 9.59 Å². The van der Waals surface area contributed by atoms with Gasteiger partial charge < -0.3 is 28.5 Å². The van der Waals surface area contributed by atoms with Gasteiger partial charge in [0.15, 0.2) is 6.10 Å². The zero-order valence-corrected chi connectivity index (χ0v) is 41.1. The molecule has 0 saturated heterocycles. The van der Waals surface area contributed by atoms with Crippen molar-refractivity contribution in [2.75, 3.05) is 47.5 Å². The SMILES string of the molecule is CCCCCCCCCCCCCCCCCCCCCCCCCC(=O)OC(COC(=O)CCCCCCCCCCCCCCC)COC(OCC[N+](C)(C)C)C(=O)O. The molecule has 0 aromatic carbocycles. The molecule has 0 rings (SSSR count). The fourth-order valence-electron chi connectivity index (χ4n) is 7.78. The first-order chi connectivity index (χ1) is 29.6. The van der Waals surface area contributed by atoms with E-state index >= 15 is 0 Å². The van der Waals surface area contributed by atoms with Gasteiger partial charge in [-0.15, -0.1) is 0 Å². The van der Waals surface area contributed by atoms with Gasteiger partial charge in [-0.1, -0.05) is 232 Å². The Bertz CT molecular complexity index is 970. The lowest BCUT2D eigenvalue weighted by molar-refractivity contribution is -0.870. The standard InChI is InChI=1S/C52H101NO8/c1-6-8-10-12-14-16-18-20-21-22-23-24-25-26-27-28-29-31-33-35-37-39-41-43-50(55)61-48(47-60-52(51(56)57)58-45-44-53(3,4)5)46-59-49(54)42-40-38-36-34-32-30-19-17-15-13-11-9-7-2/h48,52H,6-47H2,1-5H3/p+1. The molecular weight excluding hydrogens is 767 g/mol. The lowest BCUT2D eigenvalue weighted by Crippen LogP contribution is -2.40. The predicted molar refractivity (Wildman–Crippen MR) is 254 cm³/mol. The van der Waals surface area contributed by atoms with E-state index in [1.807, 2.05) is 21.1 Å². The normalized spacial score (nSPS) is 12.7. The van der Waals surface area contributed by atoms with Gasteiger partial charge in [-0.25, -0.2) is 4.79 Å². The minimum atomic E-state index is -1.50. The molecule has 0 spiro atoms. The number of aliphatic carboxylic acids is 1. The number of ether oxygens (including phenoxy) is 4. The van der Waals surface area contributed by atoms with Gasteiger partial charge in [0, 0.05) is 12.8 Å². The van der Waals surface area contributed by atoms with Crippen molar-refractivity contribution in [3.05, 3.63) is 0 Å². The first-order valence-electron chi connectivity index (χ1n) is 26.2. The molecule has 61 heavy (non-hydrogen) atoms. The molecule has 0 radical (unpaired) electrons. The Kier molecular flexibility index (Phi) is 43.6. The summed E-state index contributed by atoms with van der Waals surface area (Å²) in [6.07, 6.45) is 44.5. The molecule has 9 nitrogen and oxygen atoms in total. The summed E-state index contributed by atoms with van der Waals surface area (Å²) >= 11 is 0. The second-order valence-electron chi connectivity index (χ2n) is 19.2. The second kappa shape index (κ2) is 44.9. The van der Waals surface area contributed by atoms with E-state index in [9.17, 15) is 19.5 Å². The third-order valence-electron chi connectivity index (χ3n) is 11.9. The molecule has 9 heteroatoms. The minimum absolute atomic E-state index is 0.173. The van der Waals surface area contributed by atoms with Crippen molar-refractivity contribution in [1.29, 1.82) is 0 Å². The fraction of sp³-hybridized carbons (Fsp3) is 0.942. The number of quaternary nitrogens is 1. The first kappa shape index (κ1) is 59.3. The number of carbonyl (C=O) groups is 3. The van der Waals surface area contributed by atoms with E-state index in [1.54, 1.807) is 0 Å². The van der Waals surface area contributed by atoms with E-state index in [0.29, 0.717) is 17.4 Å². The van der Waals surface area contributed by atoms with E-state index in [-0.39, 0.29) is 38.2 Å². The molecule has 0 aliphatic rings. The third kappa shape index (κ3) is 46.1. The summed E-state index contributed by atoms with van der Waals surface area (Å²) in [7, 11) is 5.97. The van der Waals surface area contributed by atoms with Crippen LogP contribution in [0.2, 0.25) is 0 Å². The summed E-state index contributed by atoms with van der Waals surface area (Å²) in [6, 6.07) is 0. The van der Waals surface area contributed by atoms with E-state index in [4.69, 9.17) is 18.9 Å². The molecule has 0 fully saturated rings. The molecule has 1 N–H and O–H groups in total. The van der Waals surface area contributed by atoms with Gasteiger partial charge in [0.05, 0.1) is 34.4 Å². The van der Waals surface area contributed by atoms with Crippen LogP contribution in [0.15, 0.2) is 0 Å². The Morgan fingerprint density at radius 1 is 0.426 bits per heavy atom. The lowest BCUT2D eigenvalue weighted by Gasteiger charge is -2.25. The van der Waals surface area contributed by atoms with E-state index < -0.39 is 18.4 Å². The van der Waals surface area contributed by atoms with Gasteiger partial charge >= 0.3 is 17.9 Å². The highest BCUT2D eigenvalue weighted by atomic mass is 16.7. The van der Waals surface area contributed by atoms with Gasteiger partial charge in [0.1, 0.15) is 13.2 Å². The number of carboxylic acids is 1. The van der Waals surface area contributed by atoms with Crippen LogP contribution in [0.1, 0.15) is 258 Å². The van der Waals surface area contributed by atoms with Gasteiger partial charge in [-0.05, 0) is 12.8 Å². The zero-order chi connectivity index (χ0) is 44.9. The molecule has 0 heterocycles. The lowest BCUT2D eigenvalue weighted by atomic mass is 10.0. The molecule has 0 saturated carbocycles. The Labute approximate surface area is 377 Å². The Morgan fingerprint density at radius 2 is 0.738 bits per heavy atom. The Hall–Kier alpha value is -1.71. The molecule has 2 unspecified atom stereocenters. The topological polar surface area (TPSA) is 108 Å². The molecular formula is C52H102NO8+. The number of esters is 2. The van der Waals surface area contributed by atoms with Gasteiger partial charge in [0.2, 0.25) is 0 Å². The van der Waals surface area contributed by atoms with Crippen LogP contribution in [-0.2, 0) is 33.3 Å². The highest BCUT2D eigenvalue weighted by molar-refractivity contribution is 5.71. The van der Waals surface area contributed by atoms with Crippen molar-refractivity contribution in [3.63, 3.8) is 0 Å². The fourth-order valence-corrected chi connectivity index (χ4v) is 7.78. The maximum atomic E-state index is 12.8. The quantitative estimate of drug-likeness (QED) is 0.0279. The number of hydrogen-bond donors (Lipinski definition) is 1. The zero-order valence-electron chi connectivity index (χ0n) is 41.1. The summed E-state index contributed by atoms with van der Waals surface area (Å²) in [4.78, 5) is 37.2. The molecule has 0 aliphatic heterocycles. The first-order valence-corrected chi connectivity index (χ1v) is 26.2. The van der Waals surface area contributed by atoms with Crippen LogP contribution >= 0.6 is 0 Å². The number of hydrogen-bond acceptors (Lipinski definition) is 7. The summed E-state index contributed by atoms with van der Waals surface area (Å²) in [5.41, 5.74) is 0. The molecule has 362 valence electrons. The minimum Gasteiger partial charge on any atom is -0.477 e. The summed E-state index contributed by atoms with van der Waals surface area (Å²) in [6.45, 7) is 4.92. The summed E-state index contributed by atoms with van der Waals surface area (Å²) in [5.74, 6) is -1.98. The Morgan fingerprint density at radius 3 is 1.05 bits per heavy atom. The number of carboxylic acid groups (broad SMARTS) is 1. The van der Waals surface area contributed by atoms with Gasteiger partial charge in [-0.2, -0.15) is 0 Å². The van der Waals surface area contributed by atoms with Crippen LogP contribution < -0.4 is 0 Å². The third-order valence-corrected chi connectivity index (χ3v) is 11.9. The van der Waals surface area contributed by atoms with Crippen molar-refractivity contribution in [2.45, 2.75) is 270 Å². The molecule has 0 aromatic heterocycles. The van der Waals surface area contributed by atoms with Crippen molar-refractivity contribution in [2.24, 2.45) is 0 Å². The number of nitrogens with zero attached hydrogens (tertiary/aromatic N) is 1. The molecule has 0 aliphatic carbocycles. The molecule has 0 aromatic rings. The monoisotopic (exact) mass is 869 g/mol. The average molecular weight is 869 g/mol. The van der Waals surface area contributed by atoms with E-state index in [2.05, 4.69) is 13.8 Å². The smallest absolute Gasteiger partial charge is 0.361 e. The number of carbonyl (C=O) groups excluding carboxylic acids is 2. The van der Waals surface area contributed by atoms with Crippen molar-refractivity contribution in [1.82, 2.24) is 0 Å². The number of likely N-dealkylation sites (N-methyl/N-ethyl adjacent to an activating group) is 1. The predicted octanol–water partition coefficient (Wildman–Crippen LogP) is 14.5. The number of unbranched alkanes of at least 4 members (excludes halogenated alkanes) is 34. The maximum absolute atomic E-state index is 12.8. The van der Waals surface area contributed by atoms with E-state index in [0.717, 1.165) is 38.5 Å². The van der Waals surface area contributed by atoms with Crippen LogP contribution in [0.4, 0.5) is 0 Å². The van der Waals surface area contributed by atoms with Crippen LogP contribution in [0.3, 0.4) is 0 Å². The van der Waals surface area contributed by atoms with Crippen LogP contribution in [0.5, 0.6) is 0 Å². The molecule has 0 bridgehead atoms. The Balaban J connectivity index is 4.22. The van der Waals surface area contributed by atoms with E-state index in [1.165, 1.54) is 193 Å². The molecule has 2 atom stereocenters. The highest BCUT2D eigenvalue weighted by Gasteiger charge is 2.25. The van der Waals surface area contributed by atoms with Crippen LogP contribution in [-0.4, -0.2) is 87.4 Å².